The van der Waals surface area contributed by atoms with Gasteiger partial charge < -0.3 is 34.5 Å². The summed E-state index contributed by atoms with van der Waals surface area (Å²) < 4.78 is 14.7. The van der Waals surface area contributed by atoms with Crippen molar-refractivity contribution in [3.63, 3.8) is 0 Å². The van der Waals surface area contributed by atoms with Crippen molar-refractivity contribution in [2.24, 2.45) is 7.05 Å². The summed E-state index contributed by atoms with van der Waals surface area (Å²) in [7, 11) is 1.86. The molecule has 3 rings (SSSR count). The third-order valence-corrected chi connectivity index (χ3v) is 8.50. The molecular weight excluding hydrogens is 478 g/mol. The zero-order chi connectivity index (χ0) is 22.9. The second kappa shape index (κ2) is 7.07. The summed E-state index contributed by atoms with van der Waals surface area (Å²) in [6.07, 6.45) is 1.77. The Morgan fingerprint density at radius 1 is 1.03 bits per heavy atom. The molecule has 7 nitrogen and oxygen atoms in total. The van der Waals surface area contributed by atoms with Crippen LogP contribution in [0.1, 0.15) is 34.6 Å². The van der Waals surface area contributed by atoms with Crippen LogP contribution in [-0.4, -0.2) is 66.2 Å². The van der Waals surface area contributed by atoms with E-state index in [-0.39, 0.29) is 6.61 Å². The first kappa shape index (κ1) is 23.8. The molecule has 2 unspecified atom stereocenters. The van der Waals surface area contributed by atoms with Gasteiger partial charge in [0.25, 0.3) is 0 Å². The van der Waals surface area contributed by atoms with E-state index < -0.39 is 34.6 Å². The van der Waals surface area contributed by atoms with Crippen LogP contribution in [0.15, 0.2) is 22.8 Å². The standard InChI is InChI=1S/C21H29BrClNO6/c1-17(10-25)19(3,26)21(5,28)20(4,27)18(2,30-17)11-29-14-9-24(6)13-8-7-12(22)16(23)15(13)14/h7-9,25-28H,10-11H2,1-6H3/t17?,18-,19-,20?,21-/m1/s1. The number of ether oxygens (including phenoxy) is 2. The van der Waals surface area contributed by atoms with Crippen molar-refractivity contribution in [2.45, 2.75) is 62.6 Å². The van der Waals surface area contributed by atoms with Crippen molar-refractivity contribution in [1.29, 1.82) is 0 Å². The Morgan fingerprint density at radius 2 is 1.60 bits per heavy atom. The molecule has 2 aromatic rings. The number of aromatic nitrogens is 1. The third kappa shape index (κ3) is 2.96. The summed E-state index contributed by atoms with van der Waals surface area (Å²) in [5, 5.41) is 44.7. The average molecular weight is 507 g/mol. The zero-order valence-electron chi connectivity index (χ0n) is 18.0. The topological polar surface area (TPSA) is 104 Å². The molecule has 0 spiro atoms. The Hall–Kier alpha value is -0.870. The second-order valence-electron chi connectivity index (χ2n) is 9.09. The summed E-state index contributed by atoms with van der Waals surface area (Å²) >= 11 is 9.90. The summed E-state index contributed by atoms with van der Waals surface area (Å²) in [5.41, 5.74) is -8.12. The van der Waals surface area contributed by atoms with Gasteiger partial charge in [-0.25, -0.2) is 0 Å². The van der Waals surface area contributed by atoms with Crippen LogP contribution < -0.4 is 4.74 Å². The third-order valence-electron chi connectivity index (χ3n) is 7.22. The fraction of sp³-hybridized carbons (Fsp3) is 0.619. The first-order valence-corrected chi connectivity index (χ1v) is 10.8. The van der Waals surface area contributed by atoms with Crippen LogP contribution in [0.3, 0.4) is 0 Å². The summed E-state index contributed by atoms with van der Waals surface area (Å²) in [6.45, 7) is 6.36. The number of aliphatic hydroxyl groups excluding tert-OH is 1. The quantitative estimate of drug-likeness (QED) is 0.508. The number of aliphatic hydroxyl groups is 4. The average Bonchev–Trinajstić information content (AvgIpc) is 2.97. The van der Waals surface area contributed by atoms with Gasteiger partial charge in [-0.2, -0.15) is 0 Å². The van der Waals surface area contributed by atoms with Gasteiger partial charge in [0.1, 0.15) is 40.4 Å². The van der Waals surface area contributed by atoms with Gasteiger partial charge in [0.15, 0.2) is 0 Å². The molecule has 1 aliphatic heterocycles. The maximum absolute atomic E-state index is 11.3. The van der Waals surface area contributed by atoms with Gasteiger partial charge in [0, 0.05) is 17.7 Å². The number of rotatable bonds is 4. The van der Waals surface area contributed by atoms with E-state index in [1.54, 1.807) is 13.1 Å². The zero-order valence-corrected chi connectivity index (χ0v) is 20.3. The highest BCUT2D eigenvalue weighted by atomic mass is 79.9. The van der Waals surface area contributed by atoms with Crippen molar-refractivity contribution in [3.05, 3.63) is 27.8 Å². The summed E-state index contributed by atoms with van der Waals surface area (Å²) in [4.78, 5) is 0. The molecule has 1 aliphatic rings. The minimum absolute atomic E-state index is 0.177. The minimum Gasteiger partial charge on any atom is -0.488 e. The molecule has 1 aromatic heterocycles. The molecule has 0 aliphatic carbocycles. The van der Waals surface area contributed by atoms with Crippen molar-refractivity contribution >= 4 is 38.4 Å². The normalized spacial score (nSPS) is 39.5. The highest BCUT2D eigenvalue weighted by molar-refractivity contribution is 9.10. The number of halogens is 2. The van der Waals surface area contributed by atoms with Gasteiger partial charge in [-0.05, 0) is 62.7 Å². The minimum atomic E-state index is -2.03. The van der Waals surface area contributed by atoms with Crippen LogP contribution >= 0.6 is 27.5 Å². The molecule has 0 bridgehead atoms. The van der Waals surface area contributed by atoms with E-state index in [4.69, 9.17) is 21.1 Å². The number of hydrogen-bond donors (Lipinski definition) is 4. The van der Waals surface area contributed by atoms with Gasteiger partial charge in [-0.1, -0.05) is 11.6 Å². The van der Waals surface area contributed by atoms with Crippen molar-refractivity contribution in [1.82, 2.24) is 4.57 Å². The van der Waals surface area contributed by atoms with E-state index in [1.165, 1.54) is 27.7 Å². The van der Waals surface area contributed by atoms with Gasteiger partial charge in [-0.15, -0.1) is 0 Å². The number of nitrogens with zero attached hydrogens (tertiary/aromatic N) is 1. The summed E-state index contributed by atoms with van der Waals surface area (Å²) in [6, 6.07) is 3.74. The first-order valence-electron chi connectivity index (χ1n) is 9.60. The van der Waals surface area contributed by atoms with Crippen LogP contribution in [0.25, 0.3) is 10.9 Å². The number of hydrogen-bond acceptors (Lipinski definition) is 6. The van der Waals surface area contributed by atoms with E-state index in [1.807, 2.05) is 23.7 Å². The maximum atomic E-state index is 11.3. The molecule has 9 heteroatoms. The van der Waals surface area contributed by atoms with Gasteiger partial charge in [0.2, 0.25) is 0 Å². The van der Waals surface area contributed by atoms with Crippen LogP contribution in [0.5, 0.6) is 5.75 Å². The van der Waals surface area contributed by atoms with E-state index >= 15 is 0 Å². The molecule has 5 atom stereocenters. The predicted molar refractivity (Wildman–Crippen MR) is 118 cm³/mol. The molecule has 168 valence electrons. The van der Waals surface area contributed by atoms with E-state index in [9.17, 15) is 20.4 Å². The molecule has 2 heterocycles. The lowest BCUT2D eigenvalue weighted by Crippen LogP contribution is -2.85. The lowest BCUT2D eigenvalue weighted by molar-refractivity contribution is -0.405. The van der Waals surface area contributed by atoms with Gasteiger partial charge >= 0.3 is 0 Å². The van der Waals surface area contributed by atoms with Gasteiger partial charge in [-0.3, -0.25) is 0 Å². The smallest absolute Gasteiger partial charge is 0.146 e. The monoisotopic (exact) mass is 505 g/mol. The Kier molecular flexibility index (Phi) is 5.60. The fourth-order valence-corrected chi connectivity index (χ4v) is 4.84. The van der Waals surface area contributed by atoms with E-state index in [0.717, 1.165) is 5.52 Å². The lowest BCUT2D eigenvalue weighted by Gasteiger charge is -2.65. The molecule has 0 amide bonds. The van der Waals surface area contributed by atoms with Gasteiger partial charge in [0.05, 0.1) is 22.5 Å². The largest absolute Gasteiger partial charge is 0.488 e. The summed E-state index contributed by atoms with van der Waals surface area (Å²) in [5.74, 6) is 0.474. The molecule has 1 saturated heterocycles. The maximum Gasteiger partial charge on any atom is 0.146 e. The first-order chi connectivity index (χ1) is 13.6. The molecule has 1 fully saturated rings. The molecular formula is C21H29BrClNO6. The number of benzene rings is 1. The predicted octanol–water partition coefficient (Wildman–Crippen LogP) is 2.77. The van der Waals surface area contributed by atoms with Crippen molar-refractivity contribution in [2.75, 3.05) is 13.2 Å². The molecule has 30 heavy (non-hydrogen) atoms. The van der Waals surface area contributed by atoms with Crippen molar-refractivity contribution < 1.29 is 29.9 Å². The van der Waals surface area contributed by atoms with Crippen LogP contribution in [0.4, 0.5) is 0 Å². The Morgan fingerprint density at radius 3 is 2.17 bits per heavy atom. The van der Waals surface area contributed by atoms with Crippen LogP contribution in [0, 0.1) is 0 Å². The van der Waals surface area contributed by atoms with E-state index in [2.05, 4.69) is 15.9 Å². The highest BCUT2D eigenvalue weighted by Crippen LogP contribution is 2.53. The highest BCUT2D eigenvalue weighted by Gasteiger charge is 2.74. The van der Waals surface area contributed by atoms with Crippen LogP contribution in [0.2, 0.25) is 5.02 Å². The molecule has 1 aromatic carbocycles. The lowest BCUT2D eigenvalue weighted by atomic mass is 9.58. The fourth-order valence-electron chi connectivity index (χ4n) is 4.26. The Balaban J connectivity index is 2.04. The van der Waals surface area contributed by atoms with Crippen LogP contribution in [-0.2, 0) is 11.8 Å². The molecule has 0 saturated carbocycles. The Labute approximate surface area is 189 Å². The number of fused-ring (bicyclic) bond motifs is 1. The van der Waals surface area contributed by atoms with E-state index in [0.29, 0.717) is 20.6 Å². The molecule has 4 N–H and O–H groups in total. The Bertz CT molecular complexity index is 988. The SMILES string of the molecule is Cn1cc(OC[C@@]2(C)OC(C)(CO)[C@@](C)(O)[C@@](C)(O)C2(C)O)c2c(Cl)c(Br)ccc21. The second-order valence-corrected chi connectivity index (χ2v) is 10.3. The van der Waals surface area contributed by atoms with Crippen molar-refractivity contribution in [3.8, 4) is 5.75 Å². The number of aryl methyl sites for hydroxylation is 1. The molecule has 0 radical (unpaired) electrons.